The van der Waals surface area contributed by atoms with Crippen molar-refractivity contribution < 1.29 is 18.0 Å². The molecule has 1 saturated heterocycles. The summed E-state index contributed by atoms with van der Waals surface area (Å²) >= 11 is 0. The second kappa shape index (κ2) is 8.37. The zero-order chi connectivity index (χ0) is 21.2. The summed E-state index contributed by atoms with van der Waals surface area (Å²) in [5, 5.41) is 2.75. The van der Waals surface area contributed by atoms with E-state index in [4.69, 9.17) is 0 Å². The van der Waals surface area contributed by atoms with Gasteiger partial charge in [-0.3, -0.25) is 9.59 Å². The summed E-state index contributed by atoms with van der Waals surface area (Å²) in [5.74, 6) is -0.636. The minimum atomic E-state index is -4.09. The van der Waals surface area contributed by atoms with Crippen molar-refractivity contribution in [2.45, 2.75) is 56.9 Å². The molecule has 0 aliphatic carbocycles. The quantitative estimate of drug-likeness (QED) is 0.779. The molecule has 0 bridgehead atoms. The molecule has 3 rings (SSSR count). The van der Waals surface area contributed by atoms with E-state index in [1.807, 2.05) is 19.1 Å². The topological polar surface area (TPSA) is 83.6 Å². The van der Waals surface area contributed by atoms with E-state index >= 15 is 0 Å². The maximum Gasteiger partial charge on any atom is 0.267 e. The lowest BCUT2D eigenvalue weighted by Gasteiger charge is -2.24. The number of carbonyl (C=O) groups is 2. The maximum absolute atomic E-state index is 13.0. The molecule has 2 unspecified atom stereocenters. The van der Waals surface area contributed by atoms with Gasteiger partial charge < -0.3 is 5.32 Å². The van der Waals surface area contributed by atoms with E-state index in [1.54, 1.807) is 24.3 Å². The molecule has 7 heteroatoms. The Hall–Kier alpha value is -2.67. The Kier molecular flexibility index (Phi) is 6.07. The molecule has 29 heavy (non-hydrogen) atoms. The fourth-order valence-corrected chi connectivity index (χ4v) is 4.98. The van der Waals surface area contributed by atoms with E-state index < -0.39 is 27.9 Å². The molecular weight excluding hydrogens is 388 g/mol. The van der Waals surface area contributed by atoms with Crippen molar-refractivity contribution in [2.75, 3.05) is 5.32 Å². The number of nitrogens with zero attached hydrogens (tertiary/aromatic N) is 1. The number of anilines is 1. The second-order valence-electron chi connectivity index (χ2n) is 7.48. The molecule has 2 aromatic carbocycles. The highest BCUT2D eigenvalue weighted by Gasteiger charge is 2.44. The van der Waals surface area contributed by atoms with E-state index in [0.29, 0.717) is 11.6 Å². The molecule has 1 heterocycles. The Labute approximate surface area is 172 Å². The van der Waals surface area contributed by atoms with Gasteiger partial charge >= 0.3 is 0 Å². The van der Waals surface area contributed by atoms with Crippen LogP contribution in [0.15, 0.2) is 53.4 Å². The molecular formula is C22H26N2O4S. The van der Waals surface area contributed by atoms with Gasteiger partial charge in [-0.15, -0.1) is 0 Å². The number of rotatable bonds is 6. The standard InChI is InChI=1S/C22H26N2O4S/c1-4-16(3)17-7-9-18(10-8-17)23-22(26)20-13-14-21(25)24(20)29(27,28)19-11-5-15(2)6-12-19/h5-12,16,20H,4,13-14H2,1-3H3,(H,23,26). The van der Waals surface area contributed by atoms with Gasteiger partial charge in [0.25, 0.3) is 10.0 Å². The van der Waals surface area contributed by atoms with Crippen LogP contribution in [0.3, 0.4) is 0 Å². The monoisotopic (exact) mass is 414 g/mol. The summed E-state index contributed by atoms with van der Waals surface area (Å²) in [6.45, 7) is 6.09. The molecule has 0 saturated carbocycles. The lowest BCUT2D eigenvalue weighted by molar-refractivity contribution is -0.128. The average Bonchev–Trinajstić information content (AvgIpc) is 3.10. The van der Waals surface area contributed by atoms with E-state index in [9.17, 15) is 18.0 Å². The summed E-state index contributed by atoms with van der Waals surface area (Å²) in [6, 6.07) is 12.7. The van der Waals surface area contributed by atoms with Gasteiger partial charge in [-0.05, 0) is 55.5 Å². The molecule has 6 nitrogen and oxygen atoms in total. The first kappa shape index (κ1) is 21.0. The highest BCUT2D eigenvalue weighted by Crippen LogP contribution is 2.28. The Balaban J connectivity index is 1.81. The van der Waals surface area contributed by atoms with Crippen LogP contribution in [0.4, 0.5) is 5.69 Å². The van der Waals surface area contributed by atoms with Crippen molar-refractivity contribution >= 4 is 27.5 Å². The zero-order valence-electron chi connectivity index (χ0n) is 16.9. The van der Waals surface area contributed by atoms with Crippen molar-refractivity contribution in [3.8, 4) is 0 Å². The minimum absolute atomic E-state index is 0.00839. The first-order valence-corrected chi connectivity index (χ1v) is 11.2. The molecule has 2 atom stereocenters. The molecule has 2 amide bonds. The SMILES string of the molecule is CCC(C)c1ccc(NC(=O)C2CCC(=O)N2S(=O)(=O)c2ccc(C)cc2)cc1. The molecule has 154 valence electrons. The Morgan fingerprint density at radius 3 is 2.34 bits per heavy atom. The van der Waals surface area contributed by atoms with Crippen LogP contribution in [0.2, 0.25) is 0 Å². The van der Waals surface area contributed by atoms with Gasteiger partial charge in [-0.25, -0.2) is 12.7 Å². The van der Waals surface area contributed by atoms with Crippen LogP contribution in [0.25, 0.3) is 0 Å². The number of aryl methyl sites for hydroxylation is 1. The molecule has 2 aromatic rings. The van der Waals surface area contributed by atoms with Crippen LogP contribution in [0, 0.1) is 6.92 Å². The number of hydrogen-bond donors (Lipinski definition) is 1. The van der Waals surface area contributed by atoms with E-state index in [1.165, 1.54) is 17.7 Å². The third-order valence-corrected chi connectivity index (χ3v) is 7.24. The predicted octanol–water partition coefficient (Wildman–Crippen LogP) is 3.83. The van der Waals surface area contributed by atoms with Gasteiger partial charge in [-0.1, -0.05) is 43.7 Å². The van der Waals surface area contributed by atoms with Crippen LogP contribution in [0.5, 0.6) is 0 Å². The number of hydrogen-bond acceptors (Lipinski definition) is 4. The lowest BCUT2D eigenvalue weighted by atomic mass is 9.98. The first-order chi connectivity index (χ1) is 13.7. The lowest BCUT2D eigenvalue weighted by Crippen LogP contribution is -2.45. The molecule has 1 aliphatic heterocycles. The van der Waals surface area contributed by atoms with Gasteiger partial charge in [0.15, 0.2) is 0 Å². The number of nitrogens with one attached hydrogen (secondary N) is 1. The van der Waals surface area contributed by atoms with Gasteiger partial charge in [0.1, 0.15) is 6.04 Å². The van der Waals surface area contributed by atoms with Crippen LogP contribution in [-0.4, -0.2) is 30.6 Å². The molecule has 1 fully saturated rings. The van der Waals surface area contributed by atoms with E-state index in [0.717, 1.165) is 16.3 Å². The van der Waals surface area contributed by atoms with Gasteiger partial charge in [-0.2, -0.15) is 0 Å². The number of amides is 2. The van der Waals surface area contributed by atoms with Crippen LogP contribution < -0.4 is 5.32 Å². The largest absolute Gasteiger partial charge is 0.324 e. The normalized spacial score (nSPS) is 18.0. The molecule has 0 radical (unpaired) electrons. The van der Waals surface area contributed by atoms with Gasteiger partial charge in [0.2, 0.25) is 11.8 Å². The second-order valence-corrected chi connectivity index (χ2v) is 9.30. The Morgan fingerprint density at radius 2 is 1.76 bits per heavy atom. The van der Waals surface area contributed by atoms with Crippen molar-refractivity contribution in [1.29, 1.82) is 0 Å². The maximum atomic E-state index is 13.0. The van der Waals surface area contributed by atoms with Crippen LogP contribution >= 0.6 is 0 Å². The molecule has 1 N–H and O–H groups in total. The summed E-state index contributed by atoms with van der Waals surface area (Å²) in [7, 11) is -4.09. The van der Waals surface area contributed by atoms with Crippen molar-refractivity contribution in [3.05, 3.63) is 59.7 Å². The van der Waals surface area contributed by atoms with Crippen molar-refractivity contribution in [1.82, 2.24) is 4.31 Å². The third-order valence-electron chi connectivity index (χ3n) is 5.40. The Bertz CT molecular complexity index is 998. The summed E-state index contributed by atoms with van der Waals surface area (Å²) in [4.78, 5) is 25.2. The number of benzene rings is 2. The Morgan fingerprint density at radius 1 is 1.14 bits per heavy atom. The van der Waals surface area contributed by atoms with Crippen LogP contribution in [-0.2, 0) is 19.6 Å². The predicted molar refractivity (Wildman–Crippen MR) is 112 cm³/mol. The molecule has 1 aliphatic rings. The highest BCUT2D eigenvalue weighted by atomic mass is 32.2. The molecule has 0 spiro atoms. The van der Waals surface area contributed by atoms with E-state index in [2.05, 4.69) is 19.2 Å². The fourth-order valence-electron chi connectivity index (χ4n) is 3.38. The fraction of sp³-hybridized carbons (Fsp3) is 0.364. The first-order valence-electron chi connectivity index (χ1n) is 9.78. The van der Waals surface area contributed by atoms with Crippen molar-refractivity contribution in [2.24, 2.45) is 0 Å². The summed E-state index contributed by atoms with van der Waals surface area (Å²) in [6.07, 6.45) is 1.21. The minimum Gasteiger partial charge on any atom is -0.324 e. The highest BCUT2D eigenvalue weighted by molar-refractivity contribution is 7.89. The van der Waals surface area contributed by atoms with Gasteiger partial charge in [0.05, 0.1) is 4.90 Å². The van der Waals surface area contributed by atoms with Crippen molar-refractivity contribution in [3.63, 3.8) is 0 Å². The number of sulfonamides is 1. The number of carbonyl (C=O) groups excluding carboxylic acids is 2. The van der Waals surface area contributed by atoms with E-state index in [-0.39, 0.29) is 17.7 Å². The summed E-state index contributed by atoms with van der Waals surface area (Å²) in [5.41, 5.74) is 2.66. The third kappa shape index (κ3) is 4.34. The smallest absolute Gasteiger partial charge is 0.267 e. The van der Waals surface area contributed by atoms with Crippen LogP contribution in [0.1, 0.15) is 50.2 Å². The van der Waals surface area contributed by atoms with Gasteiger partial charge in [0, 0.05) is 12.1 Å². The summed E-state index contributed by atoms with van der Waals surface area (Å²) < 4.78 is 26.7. The zero-order valence-corrected chi connectivity index (χ0v) is 17.7. The average molecular weight is 415 g/mol. The molecule has 0 aromatic heterocycles.